The second-order valence-corrected chi connectivity index (χ2v) is 11.1. The van der Waals surface area contributed by atoms with Gasteiger partial charge in [0.1, 0.15) is 6.54 Å². The highest BCUT2D eigenvalue weighted by Crippen LogP contribution is 2.38. The lowest BCUT2D eigenvalue weighted by atomic mass is 9.93. The number of nitrogens with zero attached hydrogens (tertiary/aromatic N) is 2. The Morgan fingerprint density at radius 3 is 2.47 bits per heavy atom. The number of benzene rings is 2. The summed E-state index contributed by atoms with van der Waals surface area (Å²) in [5, 5.41) is 3.42. The van der Waals surface area contributed by atoms with Crippen molar-refractivity contribution in [2.45, 2.75) is 26.3 Å². The zero-order valence-corrected chi connectivity index (χ0v) is 22.0. The number of carbonyl (C=O) groups is 2. The van der Waals surface area contributed by atoms with E-state index in [9.17, 15) is 9.59 Å². The summed E-state index contributed by atoms with van der Waals surface area (Å²) in [6.45, 7) is 5.08. The lowest BCUT2D eigenvalue weighted by Crippen LogP contribution is -2.47. The summed E-state index contributed by atoms with van der Waals surface area (Å²) in [6.07, 6.45) is 0.799. The van der Waals surface area contributed by atoms with Crippen LogP contribution in [-0.2, 0) is 11.2 Å². The fourth-order valence-corrected chi connectivity index (χ4v) is 5.64. The minimum atomic E-state index is -0.239. The number of carbonyl (C=O) groups excluding carboxylic acids is 2. The lowest BCUT2D eigenvalue weighted by Gasteiger charge is -2.38. The van der Waals surface area contributed by atoms with Crippen molar-refractivity contribution in [2.24, 2.45) is 5.92 Å². The van der Waals surface area contributed by atoms with E-state index in [-0.39, 0.29) is 30.3 Å². The van der Waals surface area contributed by atoms with Crippen molar-refractivity contribution in [3.05, 3.63) is 90.5 Å². The molecule has 1 aliphatic heterocycles. The van der Waals surface area contributed by atoms with Crippen molar-refractivity contribution in [3.63, 3.8) is 0 Å². The van der Waals surface area contributed by atoms with Gasteiger partial charge in [0.25, 0.3) is 5.91 Å². The Hall–Kier alpha value is -2.05. The second kappa shape index (κ2) is 10.7. The van der Waals surface area contributed by atoms with E-state index in [0.29, 0.717) is 33.7 Å². The summed E-state index contributed by atoms with van der Waals surface area (Å²) in [5.74, 6) is -0.140. The smallest absolute Gasteiger partial charge is 0.254 e. The predicted octanol–water partition coefficient (Wildman–Crippen LogP) is 6.98. The number of halogens is 3. The highest BCUT2D eigenvalue weighted by atomic mass is 35.5. The molecule has 4 nitrogen and oxygen atoms in total. The molecule has 0 saturated heterocycles. The van der Waals surface area contributed by atoms with Gasteiger partial charge in [0.2, 0.25) is 5.91 Å². The molecule has 1 aliphatic rings. The van der Waals surface area contributed by atoms with Crippen molar-refractivity contribution in [3.8, 4) is 0 Å². The van der Waals surface area contributed by atoms with Crippen LogP contribution in [0.2, 0.25) is 15.1 Å². The van der Waals surface area contributed by atoms with Crippen LogP contribution in [0.4, 0.5) is 0 Å². The first kappa shape index (κ1) is 25.1. The van der Waals surface area contributed by atoms with Gasteiger partial charge in [-0.15, -0.1) is 11.3 Å². The summed E-state index contributed by atoms with van der Waals surface area (Å²) >= 11 is 20.0. The minimum Gasteiger partial charge on any atom is -0.330 e. The Bertz CT molecular complexity index is 1190. The van der Waals surface area contributed by atoms with E-state index in [0.717, 1.165) is 17.5 Å². The summed E-state index contributed by atoms with van der Waals surface area (Å²) in [7, 11) is 0. The van der Waals surface area contributed by atoms with Crippen LogP contribution in [0, 0.1) is 5.92 Å². The van der Waals surface area contributed by atoms with Crippen molar-refractivity contribution in [2.75, 3.05) is 19.6 Å². The molecule has 2 amide bonds. The van der Waals surface area contributed by atoms with Gasteiger partial charge in [-0.3, -0.25) is 9.59 Å². The van der Waals surface area contributed by atoms with Crippen LogP contribution in [0.25, 0.3) is 0 Å². The first-order valence-electron chi connectivity index (χ1n) is 11.1. The molecule has 0 saturated carbocycles. The van der Waals surface area contributed by atoms with Crippen LogP contribution < -0.4 is 0 Å². The largest absolute Gasteiger partial charge is 0.330 e. The molecule has 2 heterocycles. The third-order valence-corrected chi connectivity index (χ3v) is 7.82. The van der Waals surface area contributed by atoms with Crippen LogP contribution >= 0.6 is 46.1 Å². The second-order valence-electron chi connectivity index (χ2n) is 8.80. The van der Waals surface area contributed by atoms with E-state index in [1.807, 2.05) is 43.0 Å². The molecule has 1 atom stereocenters. The minimum absolute atomic E-state index is 0.0131. The summed E-state index contributed by atoms with van der Waals surface area (Å²) in [6, 6.07) is 14.3. The topological polar surface area (TPSA) is 40.6 Å². The van der Waals surface area contributed by atoms with Gasteiger partial charge in [0.05, 0.1) is 16.1 Å². The van der Waals surface area contributed by atoms with E-state index in [2.05, 4.69) is 11.4 Å². The standard InChI is InChI=1S/C26H25Cl3N2O2S/c1-16(2)14-30(26(33)18-5-8-21(28)22(29)13-18)15-24(32)31-11-9-23-20(10-12-34-23)25(31)17-3-6-19(27)7-4-17/h3-8,10,12-13,16,25H,9,11,14-15H2,1-2H3. The molecule has 4 rings (SSSR count). The normalized spacial score (nSPS) is 15.4. The first-order chi connectivity index (χ1) is 16.2. The zero-order chi connectivity index (χ0) is 24.4. The molecule has 8 heteroatoms. The van der Waals surface area contributed by atoms with Gasteiger partial charge in [-0.05, 0) is 65.2 Å². The van der Waals surface area contributed by atoms with Crippen molar-refractivity contribution < 1.29 is 9.59 Å². The molecule has 0 spiro atoms. The highest BCUT2D eigenvalue weighted by Gasteiger charge is 2.34. The fourth-order valence-electron chi connectivity index (χ4n) is 4.32. The molecule has 2 aromatic carbocycles. The Labute approximate surface area is 219 Å². The molecule has 0 fully saturated rings. The molecule has 1 aromatic heterocycles. The quantitative estimate of drug-likeness (QED) is 0.342. The zero-order valence-electron chi connectivity index (χ0n) is 18.9. The maximum absolute atomic E-state index is 13.7. The monoisotopic (exact) mass is 534 g/mol. The lowest BCUT2D eigenvalue weighted by molar-refractivity contribution is -0.134. The summed E-state index contributed by atoms with van der Waals surface area (Å²) in [4.78, 5) is 31.8. The number of hydrogen-bond acceptors (Lipinski definition) is 3. The summed E-state index contributed by atoms with van der Waals surface area (Å²) in [5.41, 5.74) is 2.55. The molecule has 0 bridgehead atoms. The number of hydrogen-bond donors (Lipinski definition) is 0. The highest BCUT2D eigenvalue weighted by molar-refractivity contribution is 7.10. The van der Waals surface area contributed by atoms with Crippen molar-refractivity contribution in [1.82, 2.24) is 9.80 Å². The van der Waals surface area contributed by atoms with Gasteiger partial charge in [0.15, 0.2) is 0 Å². The molecule has 178 valence electrons. The van der Waals surface area contributed by atoms with Gasteiger partial charge in [-0.2, -0.15) is 0 Å². The van der Waals surface area contributed by atoms with E-state index in [4.69, 9.17) is 34.8 Å². The fraction of sp³-hybridized carbons (Fsp3) is 0.308. The molecule has 34 heavy (non-hydrogen) atoms. The number of fused-ring (bicyclic) bond motifs is 1. The Morgan fingerprint density at radius 1 is 1.06 bits per heavy atom. The molecular formula is C26H25Cl3N2O2S. The first-order valence-corrected chi connectivity index (χ1v) is 13.1. The number of rotatable bonds is 6. The molecule has 0 aliphatic carbocycles. The maximum atomic E-state index is 13.7. The molecular weight excluding hydrogens is 511 g/mol. The van der Waals surface area contributed by atoms with E-state index in [1.54, 1.807) is 34.4 Å². The van der Waals surface area contributed by atoms with Crippen molar-refractivity contribution in [1.29, 1.82) is 0 Å². The van der Waals surface area contributed by atoms with Crippen LogP contribution in [0.3, 0.4) is 0 Å². The molecule has 0 radical (unpaired) electrons. The Morgan fingerprint density at radius 2 is 1.79 bits per heavy atom. The van der Waals surface area contributed by atoms with E-state index >= 15 is 0 Å². The van der Waals surface area contributed by atoms with Gasteiger partial charge >= 0.3 is 0 Å². The van der Waals surface area contributed by atoms with Crippen LogP contribution in [-0.4, -0.2) is 41.2 Å². The third kappa shape index (κ3) is 5.44. The Kier molecular flexibility index (Phi) is 7.88. The molecule has 1 unspecified atom stereocenters. The van der Waals surface area contributed by atoms with Gasteiger partial charge in [-0.1, -0.05) is 60.8 Å². The average molecular weight is 536 g/mol. The van der Waals surface area contributed by atoms with Crippen LogP contribution in [0.1, 0.15) is 46.3 Å². The summed E-state index contributed by atoms with van der Waals surface area (Å²) < 4.78 is 0. The van der Waals surface area contributed by atoms with E-state index in [1.165, 1.54) is 4.88 Å². The SMILES string of the molecule is CC(C)CN(CC(=O)N1CCc2sccc2C1c1ccc(Cl)cc1)C(=O)c1ccc(Cl)c(Cl)c1. The van der Waals surface area contributed by atoms with Gasteiger partial charge in [-0.25, -0.2) is 0 Å². The third-order valence-electron chi connectivity index (χ3n) is 5.84. The van der Waals surface area contributed by atoms with Gasteiger partial charge in [0, 0.05) is 28.6 Å². The number of amides is 2. The van der Waals surface area contributed by atoms with Crippen LogP contribution in [0.5, 0.6) is 0 Å². The molecule has 0 N–H and O–H groups in total. The number of thiophene rings is 1. The van der Waals surface area contributed by atoms with Gasteiger partial charge < -0.3 is 9.80 Å². The average Bonchev–Trinajstić information content (AvgIpc) is 3.28. The van der Waals surface area contributed by atoms with E-state index < -0.39 is 0 Å². The molecule has 3 aromatic rings. The van der Waals surface area contributed by atoms with Crippen molar-refractivity contribution >= 4 is 58.0 Å². The maximum Gasteiger partial charge on any atom is 0.254 e. The Balaban J connectivity index is 1.62. The predicted molar refractivity (Wildman–Crippen MR) is 140 cm³/mol. The van der Waals surface area contributed by atoms with Crippen LogP contribution in [0.15, 0.2) is 53.9 Å².